The molecule has 1 aromatic heterocycles. The predicted molar refractivity (Wildman–Crippen MR) is 75.3 cm³/mol. The summed E-state index contributed by atoms with van der Waals surface area (Å²) < 4.78 is 45.2. The van der Waals surface area contributed by atoms with E-state index in [2.05, 4.69) is 4.98 Å². The molecule has 21 heavy (non-hydrogen) atoms. The lowest BCUT2D eigenvalue weighted by Gasteiger charge is -2.33. The van der Waals surface area contributed by atoms with Gasteiger partial charge < -0.3 is 4.74 Å². The zero-order valence-electron chi connectivity index (χ0n) is 11.2. The standard InChI is InChI=1S/C14H13FN2O3S/c1-10-9-17(13-3-2-8-16-14(13)20-10)21(18,19)12-6-4-11(15)5-7-12/h2-8,10H,9H2,1H3/t10-/m1/s1. The Morgan fingerprint density at radius 2 is 2.00 bits per heavy atom. The molecule has 2 heterocycles. The molecular formula is C14H13FN2O3S. The van der Waals surface area contributed by atoms with E-state index >= 15 is 0 Å². The molecule has 0 amide bonds. The predicted octanol–water partition coefficient (Wildman–Crippen LogP) is 2.20. The molecule has 110 valence electrons. The van der Waals surface area contributed by atoms with Gasteiger partial charge in [-0.3, -0.25) is 4.31 Å². The van der Waals surface area contributed by atoms with E-state index in [-0.39, 0.29) is 23.4 Å². The molecule has 0 bridgehead atoms. The highest BCUT2D eigenvalue weighted by Gasteiger charge is 2.33. The number of nitrogens with zero attached hydrogens (tertiary/aromatic N) is 2. The first-order chi connectivity index (χ1) is 9.98. The van der Waals surface area contributed by atoms with E-state index in [4.69, 9.17) is 4.74 Å². The first kappa shape index (κ1) is 13.8. The zero-order chi connectivity index (χ0) is 15.0. The molecule has 0 N–H and O–H groups in total. The topological polar surface area (TPSA) is 59.5 Å². The fourth-order valence-electron chi connectivity index (χ4n) is 2.18. The van der Waals surface area contributed by atoms with E-state index < -0.39 is 15.8 Å². The SMILES string of the molecule is C[C@@H]1CN(S(=O)(=O)c2ccc(F)cc2)c2cccnc2O1. The molecule has 0 spiro atoms. The molecule has 1 aliphatic heterocycles. The van der Waals surface area contributed by atoms with Crippen LogP contribution in [0.3, 0.4) is 0 Å². The van der Waals surface area contributed by atoms with Gasteiger partial charge in [0.2, 0.25) is 5.88 Å². The van der Waals surface area contributed by atoms with Crippen molar-refractivity contribution in [2.75, 3.05) is 10.8 Å². The Hall–Kier alpha value is -2.15. The summed E-state index contributed by atoms with van der Waals surface area (Å²) in [5.41, 5.74) is 0.389. The molecule has 3 rings (SSSR count). The number of pyridine rings is 1. The molecule has 0 radical (unpaired) electrons. The fourth-order valence-corrected chi connectivity index (χ4v) is 3.72. The average Bonchev–Trinajstić information content (AvgIpc) is 2.46. The van der Waals surface area contributed by atoms with Crippen LogP contribution in [0.2, 0.25) is 0 Å². The maximum atomic E-state index is 13.0. The number of anilines is 1. The summed E-state index contributed by atoms with van der Waals surface area (Å²) in [6.07, 6.45) is 1.22. The number of hydrogen-bond donors (Lipinski definition) is 0. The second-order valence-electron chi connectivity index (χ2n) is 4.75. The summed E-state index contributed by atoms with van der Waals surface area (Å²) in [5.74, 6) is -0.201. The molecule has 2 aromatic rings. The number of ether oxygens (including phenoxy) is 1. The van der Waals surface area contributed by atoms with Gasteiger partial charge in [-0.15, -0.1) is 0 Å². The summed E-state index contributed by atoms with van der Waals surface area (Å²) in [5, 5.41) is 0. The Morgan fingerprint density at radius 1 is 1.29 bits per heavy atom. The van der Waals surface area contributed by atoms with Crippen LogP contribution in [0.1, 0.15) is 6.92 Å². The molecule has 0 aliphatic carbocycles. The van der Waals surface area contributed by atoms with Gasteiger partial charge in [-0.1, -0.05) is 0 Å². The smallest absolute Gasteiger partial charge is 0.264 e. The van der Waals surface area contributed by atoms with E-state index in [0.29, 0.717) is 5.69 Å². The number of hydrogen-bond acceptors (Lipinski definition) is 4. The van der Waals surface area contributed by atoms with Crippen LogP contribution in [0.5, 0.6) is 5.88 Å². The Kier molecular flexibility index (Phi) is 3.29. The molecule has 0 unspecified atom stereocenters. The van der Waals surface area contributed by atoms with Crippen LogP contribution in [0.15, 0.2) is 47.5 Å². The van der Waals surface area contributed by atoms with Gasteiger partial charge in [0.05, 0.1) is 11.4 Å². The van der Waals surface area contributed by atoms with Gasteiger partial charge in [-0.2, -0.15) is 0 Å². The first-order valence-corrected chi connectivity index (χ1v) is 7.82. The van der Waals surface area contributed by atoms with E-state index in [1.54, 1.807) is 25.3 Å². The van der Waals surface area contributed by atoms with Crippen molar-refractivity contribution in [3.8, 4) is 5.88 Å². The Balaban J connectivity index is 2.09. The third-order valence-corrected chi connectivity index (χ3v) is 4.95. The number of benzene rings is 1. The Morgan fingerprint density at radius 3 is 2.71 bits per heavy atom. The van der Waals surface area contributed by atoms with Gasteiger partial charge in [0, 0.05) is 6.20 Å². The van der Waals surface area contributed by atoms with Crippen molar-refractivity contribution in [2.45, 2.75) is 17.9 Å². The lowest BCUT2D eigenvalue weighted by atomic mass is 10.3. The lowest BCUT2D eigenvalue weighted by Crippen LogP contribution is -2.42. The summed E-state index contributed by atoms with van der Waals surface area (Å²) in [4.78, 5) is 4.09. The van der Waals surface area contributed by atoms with Crippen LogP contribution in [-0.4, -0.2) is 26.1 Å². The molecule has 1 aliphatic rings. The quantitative estimate of drug-likeness (QED) is 0.853. The van der Waals surface area contributed by atoms with Gasteiger partial charge in [-0.05, 0) is 43.3 Å². The fraction of sp³-hybridized carbons (Fsp3) is 0.214. The van der Waals surface area contributed by atoms with Crippen molar-refractivity contribution in [3.05, 3.63) is 48.4 Å². The van der Waals surface area contributed by atoms with Gasteiger partial charge >= 0.3 is 0 Å². The third kappa shape index (κ3) is 2.44. The molecule has 7 heteroatoms. The number of rotatable bonds is 2. The molecule has 0 saturated carbocycles. The largest absolute Gasteiger partial charge is 0.471 e. The Labute approximate surface area is 122 Å². The van der Waals surface area contributed by atoms with Crippen LogP contribution in [-0.2, 0) is 10.0 Å². The van der Waals surface area contributed by atoms with Crippen molar-refractivity contribution < 1.29 is 17.5 Å². The number of sulfonamides is 1. The van der Waals surface area contributed by atoms with E-state index in [9.17, 15) is 12.8 Å². The number of aromatic nitrogens is 1. The summed E-state index contributed by atoms with van der Waals surface area (Å²) in [6, 6.07) is 8.03. The van der Waals surface area contributed by atoms with Crippen molar-refractivity contribution in [1.82, 2.24) is 4.98 Å². The van der Waals surface area contributed by atoms with Crippen LogP contribution < -0.4 is 9.04 Å². The van der Waals surface area contributed by atoms with Crippen LogP contribution in [0.25, 0.3) is 0 Å². The minimum absolute atomic E-state index is 0.0350. The van der Waals surface area contributed by atoms with E-state index in [1.165, 1.54) is 16.4 Å². The molecule has 0 fully saturated rings. The maximum Gasteiger partial charge on any atom is 0.264 e. The van der Waals surface area contributed by atoms with E-state index in [1.807, 2.05) is 0 Å². The molecule has 1 atom stereocenters. The second kappa shape index (κ2) is 5.00. The summed E-state index contributed by atoms with van der Waals surface area (Å²) in [6.45, 7) is 1.95. The lowest BCUT2D eigenvalue weighted by molar-refractivity contribution is 0.210. The number of halogens is 1. The summed E-state index contributed by atoms with van der Waals surface area (Å²) in [7, 11) is -3.78. The van der Waals surface area contributed by atoms with Gasteiger partial charge in [0.15, 0.2) is 0 Å². The van der Waals surface area contributed by atoms with Crippen LogP contribution >= 0.6 is 0 Å². The molecule has 5 nitrogen and oxygen atoms in total. The minimum atomic E-state index is -3.78. The summed E-state index contributed by atoms with van der Waals surface area (Å²) >= 11 is 0. The molecule has 1 aromatic carbocycles. The Bertz CT molecular complexity index is 762. The number of fused-ring (bicyclic) bond motifs is 1. The molecule has 0 saturated heterocycles. The zero-order valence-corrected chi connectivity index (χ0v) is 12.0. The monoisotopic (exact) mass is 308 g/mol. The van der Waals surface area contributed by atoms with Crippen molar-refractivity contribution in [2.24, 2.45) is 0 Å². The van der Waals surface area contributed by atoms with Gasteiger partial charge in [-0.25, -0.2) is 17.8 Å². The minimum Gasteiger partial charge on any atom is -0.471 e. The highest BCUT2D eigenvalue weighted by Crippen LogP contribution is 2.34. The average molecular weight is 308 g/mol. The van der Waals surface area contributed by atoms with Crippen molar-refractivity contribution in [1.29, 1.82) is 0 Å². The molecular weight excluding hydrogens is 295 g/mol. The van der Waals surface area contributed by atoms with Gasteiger partial charge in [0.1, 0.15) is 17.6 Å². The normalized spacial score (nSPS) is 18.0. The van der Waals surface area contributed by atoms with Crippen molar-refractivity contribution >= 4 is 15.7 Å². The van der Waals surface area contributed by atoms with Crippen molar-refractivity contribution in [3.63, 3.8) is 0 Å². The maximum absolute atomic E-state index is 13.0. The van der Waals surface area contributed by atoms with Gasteiger partial charge in [0.25, 0.3) is 10.0 Å². The second-order valence-corrected chi connectivity index (χ2v) is 6.61. The highest BCUT2D eigenvalue weighted by atomic mass is 32.2. The van der Waals surface area contributed by atoms with Crippen LogP contribution in [0.4, 0.5) is 10.1 Å². The highest BCUT2D eigenvalue weighted by molar-refractivity contribution is 7.92. The van der Waals surface area contributed by atoms with Crippen LogP contribution in [0, 0.1) is 5.82 Å². The first-order valence-electron chi connectivity index (χ1n) is 6.38. The van der Waals surface area contributed by atoms with E-state index in [0.717, 1.165) is 12.1 Å². The third-order valence-electron chi connectivity index (χ3n) is 3.16.